The van der Waals surface area contributed by atoms with Crippen LogP contribution in [-0.4, -0.2) is 25.8 Å². The summed E-state index contributed by atoms with van der Waals surface area (Å²) in [5.74, 6) is 0.624. The van der Waals surface area contributed by atoms with E-state index in [1.807, 2.05) is 0 Å². The Labute approximate surface area is 94.1 Å². The van der Waals surface area contributed by atoms with Gasteiger partial charge in [0.05, 0.1) is 6.10 Å². The lowest BCUT2D eigenvalue weighted by Gasteiger charge is -2.14. The molecule has 0 aromatic heterocycles. The van der Waals surface area contributed by atoms with Crippen LogP contribution >= 0.6 is 0 Å². The van der Waals surface area contributed by atoms with Gasteiger partial charge < -0.3 is 10.1 Å². The molecule has 1 aliphatic heterocycles. The van der Waals surface area contributed by atoms with Gasteiger partial charge in [-0.3, -0.25) is 0 Å². The Hall–Kier alpha value is -0.340. The van der Waals surface area contributed by atoms with Crippen molar-refractivity contribution in [2.24, 2.45) is 5.92 Å². The zero-order valence-corrected chi connectivity index (χ0v) is 10.4. The zero-order valence-electron chi connectivity index (χ0n) is 10.4. The van der Waals surface area contributed by atoms with Gasteiger partial charge in [0.15, 0.2) is 0 Å². The summed E-state index contributed by atoms with van der Waals surface area (Å²) in [4.78, 5) is 0. The molecule has 1 unspecified atom stereocenters. The number of nitrogens with one attached hydrogen (secondary N) is 1. The van der Waals surface area contributed by atoms with Gasteiger partial charge >= 0.3 is 0 Å². The molecule has 0 radical (unpaired) electrons. The molecule has 0 spiro atoms. The van der Waals surface area contributed by atoms with E-state index in [1.165, 1.54) is 24.8 Å². The fraction of sp³-hybridized carbons (Fsp3) is 0.846. The number of hydrogen-bond acceptors (Lipinski definition) is 2. The molecule has 1 saturated heterocycles. The second-order valence-electron chi connectivity index (χ2n) is 4.62. The topological polar surface area (TPSA) is 21.3 Å². The van der Waals surface area contributed by atoms with E-state index in [4.69, 9.17) is 4.74 Å². The lowest BCUT2D eigenvalue weighted by Crippen LogP contribution is -2.21. The highest BCUT2D eigenvalue weighted by Crippen LogP contribution is 2.18. The van der Waals surface area contributed by atoms with Gasteiger partial charge in [0.1, 0.15) is 0 Å². The second kappa shape index (κ2) is 7.02. The van der Waals surface area contributed by atoms with Crippen LogP contribution in [0, 0.1) is 5.92 Å². The Morgan fingerprint density at radius 3 is 2.87 bits per heavy atom. The summed E-state index contributed by atoms with van der Waals surface area (Å²) in [7, 11) is 0. The molecule has 0 amide bonds. The molecule has 0 aromatic rings. The molecule has 1 aliphatic rings. The van der Waals surface area contributed by atoms with E-state index in [-0.39, 0.29) is 0 Å². The summed E-state index contributed by atoms with van der Waals surface area (Å²) in [6.07, 6.45) is 6.33. The molecule has 0 aromatic carbocycles. The summed E-state index contributed by atoms with van der Waals surface area (Å²) in [5.41, 5.74) is 1.50. The predicted molar refractivity (Wildman–Crippen MR) is 65.1 cm³/mol. The van der Waals surface area contributed by atoms with Gasteiger partial charge in [-0.15, -0.1) is 0 Å². The van der Waals surface area contributed by atoms with Crippen LogP contribution in [0.5, 0.6) is 0 Å². The first-order valence-electron chi connectivity index (χ1n) is 6.27. The molecular formula is C13H25NO. The SMILES string of the molecule is CCCNCC(=CC1CCCO1)C(C)C. The van der Waals surface area contributed by atoms with Crippen molar-refractivity contribution >= 4 is 0 Å². The molecule has 1 heterocycles. The molecule has 0 saturated carbocycles. The first-order chi connectivity index (χ1) is 7.24. The minimum atomic E-state index is 0.380. The van der Waals surface area contributed by atoms with E-state index in [2.05, 4.69) is 32.2 Å². The molecule has 1 rings (SSSR count). The monoisotopic (exact) mass is 211 g/mol. The zero-order chi connectivity index (χ0) is 11.1. The molecule has 15 heavy (non-hydrogen) atoms. The van der Waals surface area contributed by atoms with Crippen LogP contribution in [0.1, 0.15) is 40.0 Å². The maximum atomic E-state index is 5.64. The van der Waals surface area contributed by atoms with Crippen molar-refractivity contribution < 1.29 is 4.74 Å². The molecule has 88 valence electrons. The molecule has 2 heteroatoms. The Bertz CT molecular complexity index is 193. The quantitative estimate of drug-likeness (QED) is 0.539. The number of rotatable bonds is 6. The fourth-order valence-corrected chi connectivity index (χ4v) is 1.84. The fourth-order valence-electron chi connectivity index (χ4n) is 1.84. The summed E-state index contributed by atoms with van der Waals surface area (Å²) in [5, 5.41) is 3.47. The number of ether oxygens (including phenoxy) is 1. The Morgan fingerprint density at radius 2 is 2.33 bits per heavy atom. The first kappa shape index (κ1) is 12.7. The van der Waals surface area contributed by atoms with E-state index in [9.17, 15) is 0 Å². The summed E-state index contributed by atoms with van der Waals surface area (Å²) >= 11 is 0. The minimum absolute atomic E-state index is 0.380. The third kappa shape index (κ3) is 4.80. The summed E-state index contributed by atoms with van der Waals surface area (Å²) in [6.45, 7) is 9.78. The second-order valence-corrected chi connectivity index (χ2v) is 4.62. The molecule has 0 bridgehead atoms. The lowest BCUT2D eigenvalue weighted by atomic mass is 10.0. The summed E-state index contributed by atoms with van der Waals surface area (Å²) in [6, 6.07) is 0. The third-order valence-corrected chi connectivity index (χ3v) is 2.86. The Kier molecular flexibility index (Phi) is 5.96. The average molecular weight is 211 g/mol. The van der Waals surface area contributed by atoms with Gasteiger partial charge in [0.25, 0.3) is 0 Å². The normalized spacial score (nSPS) is 22.7. The Morgan fingerprint density at radius 1 is 1.53 bits per heavy atom. The number of hydrogen-bond donors (Lipinski definition) is 1. The minimum Gasteiger partial charge on any atom is -0.374 e. The van der Waals surface area contributed by atoms with Gasteiger partial charge in [-0.05, 0) is 31.7 Å². The largest absolute Gasteiger partial charge is 0.374 e. The molecule has 1 fully saturated rings. The van der Waals surface area contributed by atoms with E-state index >= 15 is 0 Å². The van der Waals surface area contributed by atoms with Gasteiger partial charge in [-0.25, -0.2) is 0 Å². The average Bonchev–Trinajstić information content (AvgIpc) is 2.69. The smallest absolute Gasteiger partial charge is 0.0759 e. The van der Waals surface area contributed by atoms with Crippen molar-refractivity contribution in [2.45, 2.75) is 46.1 Å². The van der Waals surface area contributed by atoms with E-state index in [0.717, 1.165) is 19.7 Å². The van der Waals surface area contributed by atoms with Crippen LogP contribution in [-0.2, 0) is 4.74 Å². The highest BCUT2D eigenvalue weighted by molar-refractivity contribution is 5.10. The van der Waals surface area contributed by atoms with Crippen molar-refractivity contribution in [3.8, 4) is 0 Å². The van der Waals surface area contributed by atoms with Crippen molar-refractivity contribution in [1.82, 2.24) is 5.32 Å². The van der Waals surface area contributed by atoms with Gasteiger partial charge in [0, 0.05) is 13.2 Å². The van der Waals surface area contributed by atoms with Crippen molar-refractivity contribution in [2.75, 3.05) is 19.7 Å². The van der Waals surface area contributed by atoms with Crippen LogP contribution in [0.3, 0.4) is 0 Å². The molecule has 1 atom stereocenters. The highest BCUT2D eigenvalue weighted by Gasteiger charge is 2.14. The van der Waals surface area contributed by atoms with Gasteiger partial charge in [0.2, 0.25) is 0 Å². The molecular weight excluding hydrogens is 186 g/mol. The van der Waals surface area contributed by atoms with Crippen molar-refractivity contribution in [3.63, 3.8) is 0 Å². The maximum absolute atomic E-state index is 5.64. The summed E-state index contributed by atoms with van der Waals surface area (Å²) < 4.78 is 5.64. The lowest BCUT2D eigenvalue weighted by molar-refractivity contribution is 0.144. The molecule has 1 N–H and O–H groups in total. The molecule has 0 aliphatic carbocycles. The van der Waals surface area contributed by atoms with Crippen molar-refractivity contribution in [1.29, 1.82) is 0 Å². The van der Waals surface area contributed by atoms with Crippen LogP contribution < -0.4 is 5.32 Å². The van der Waals surface area contributed by atoms with Gasteiger partial charge in [-0.2, -0.15) is 0 Å². The standard InChI is InChI=1S/C13H25NO/c1-4-7-14-10-12(11(2)3)9-13-6-5-8-15-13/h9,11,13-14H,4-8,10H2,1-3H3. The highest BCUT2D eigenvalue weighted by atomic mass is 16.5. The molecule has 2 nitrogen and oxygen atoms in total. The van der Waals surface area contributed by atoms with E-state index in [0.29, 0.717) is 12.0 Å². The van der Waals surface area contributed by atoms with E-state index < -0.39 is 0 Å². The van der Waals surface area contributed by atoms with Crippen LogP contribution in [0.4, 0.5) is 0 Å². The van der Waals surface area contributed by atoms with Crippen LogP contribution in [0.25, 0.3) is 0 Å². The van der Waals surface area contributed by atoms with Crippen LogP contribution in [0.15, 0.2) is 11.6 Å². The van der Waals surface area contributed by atoms with Crippen LogP contribution in [0.2, 0.25) is 0 Å². The van der Waals surface area contributed by atoms with Gasteiger partial charge in [-0.1, -0.05) is 32.4 Å². The Balaban J connectivity index is 2.40. The maximum Gasteiger partial charge on any atom is 0.0759 e. The van der Waals surface area contributed by atoms with E-state index in [1.54, 1.807) is 0 Å². The first-order valence-corrected chi connectivity index (χ1v) is 6.27. The predicted octanol–water partition coefficient (Wildman–Crippen LogP) is 2.75. The van der Waals surface area contributed by atoms with Crippen molar-refractivity contribution in [3.05, 3.63) is 11.6 Å². The third-order valence-electron chi connectivity index (χ3n) is 2.86.